The predicted molar refractivity (Wildman–Crippen MR) is 75.6 cm³/mol. The molecule has 2 aromatic rings. The molecule has 3 rings (SSSR count). The number of imidazole rings is 1. The third-order valence-electron chi connectivity index (χ3n) is 3.74. The van der Waals surface area contributed by atoms with Gasteiger partial charge in [0.25, 0.3) is 5.56 Å². The predicted octanol–water partition coefficient (Wildman–Crippen LogP) is -0.951. The molecule has 22 heavy (non-hydrogen) atoms. The zero-order valence-corrected chi connectivity index (χ0v) is 12.6. The van der Waals surface area contributed by atoms with Crippen LogP contribution in [0.25, 0.3) is 11.2 Å². The molecular weight excluding hydrogens is 316 g/mol. The van der Waals surface area contributed by atoms with Gasteiger partial charge in [0.05, 0.1) is 12.9 Å². The number of aliphatic hydroxyl groups is 2. The highest BCUT2D eigenvalue weighted by molar-refractivity contribution is 6.29. The fourth-order valence-corrected chi connectivity index (χ4v) is 2.84. The third-order valence-corrected chi connectivity index (χ3v) is 4.00. The van der Waals surface area contributed by atoms with Crippen LogP contribution in [-0.4, -0.2) is 61.3 Å². The molecule has 2 N–H and O–H groups in total. The molecular formula is C12H15ClN4O5. The number of hydrogen-bond donors (Lipinski definition) is 2. The Morgan fingerprint density at radius 1 is 1.55 bits per heavy atom. The van der Waals surface area contributed by atoms with Gasteiger partial charge in [0.1, 0.15) is 18.3 Å². The van der Waals surface area contributed by atoms with Gasteiger partial charge < -0.3 is 24.3 Å². The first kappa shape index (κ1) is 15.4. The van der Waals surface area contributed by atoms with Crippen molar-refractivity contribution in [3.63, 3.8) is 0 Å². The summed E-state index contributed by atoms with van der Waals surface area (Å²) >= 11 is 6.12. The molecule has 1 aliphatic heterocycles. The maximum absolute atomic E-state index is 12.1. The van der Waals surface area contributed by atoms with Crippen molar-refractivity contribution < 1.29 is 19.7 Å². The van der Waals surface area contributed by atoms with Crippen molar-refractivity contribution in [2.45, 2.75) is 24.5 Å². The first-order chi connectivity index (χ1) is 10.5. The molecule has 0 bridgehead atoms. The van der Waals surface area contributed by atoms with Gasteiger partial charge in [-0.3, -0.25) is 9.36 Å². The number of nitrogens with zero attached hydrogens (tertiary/aromatic N) is 4. The number of aromatic nitrogens is 4. The number of hydrogen-bond acceptors (Lipinski definition) is 7. The maximum atomic E-state index is 12.1. The Kier molecular flexibility index (Phi) is 3.91. The van der Waals surface area contributed by atoms with E-state index in [4.69, 9.17) is 21.1 Å². The molecule has 0 amide bonds. The van der Waals surface area contributed by atoms with Crippen LogP contribution in [0.3, 0.4) is 0 Å². The highest BCUT2D eigenvalue weighted by Gasteiger charge is 2.46. The zero-order chi connectivity index (χ0) is 16.0. The monoisotopic (exact) mass is 330 g/mol. The fourth-order valence-electron chi connectivity index (χ4n) is 2.58. The molecule has 0 aromatic carbocycles. The molecule has 120 valence electrons. The molecule has 0 radical (unpaired) electrons. The molecule has 1 fully saturated rings. The van der Waals surface area contributed by atoms with E-state index in [9.17, 15) is 15.0 Å². The maximum Gasteiger partial charge on any atom is 0.281 e. The van der Waals surface area contributed by atoms with E-state index < -0.39 is 24.5 Å². The molecule has 1 aliphatic rings. The highest BCUT2D eigenvalue weighted by atomic mass is 35.5. The van der Waals surface area contributed by atoms with Crippen molar-refractivity contribution >= 4 is 22.8 Å². The zero-order valence-electron chi connectivity index (χ0n) is 11.9. The first-order valence-electron chi connectivity index (χ1n) is 6.55. The van der Waals surface area contributed by atoms with Crippen LogP contribution in [0.15, 0.2) is 11.1 Å². The molecule has 10 heteroatoms. The van der Waals surface area contributed by atoms with E-state index in [2.05, 4.69) is 9.97 Å². The molecule has 0 saturated carbocycles. The van der Waals surface area contributed by atoms with Crippen LogP contribution in [0.1, 0.15) is 6.23 Å². The van der Waals surface area contributed by atoms with Gasteiger partial charge in [-0.1, -0.05) is 0 Å². The Morgan fingerprint density at radius 3 is 2.91 bits per heavy atom. The summed E-state index contributed by atoms with van der Waals surface area (Å²) in [6, 6.07) is 0. The Balaban J connectivity index is 2.16. The van der Waals surface area contributed by atoms with Gasteiger partial charge in [-0.25, -0.2) is 9.97 Å². The van der Waals surface area contributed by atoms with Gasteiger partial charge in [0, 0.05) is 14.2 Å². The fraction of sp³-hybridized carbons (Fsp3) is 0.583. The van der Waals surface area contributed by atoms with Crippen LogP contribution < -0.4 is 5.56 Å². The van der Waals surface area contributed by atoms with Gasteiger partial charge in [-0.2, -0.15) is 0 Å². The summed E-state index contributed by atoms with van der Waals surface area (Å²) in [7, 11) is 2.96. The second-order valence-corrected chi connectivity index (χ2v) is 5.36. The number of ether oxygens (including phenoxy) is 2. The van der Waals surface area contributed by atoms with Crippen LogP contribution in [0.5, 0.6) is 0 Å². The average Bonchev–Trinajstić information content (AvgIpc) is 2.99. The van der Waals surface area contributed by atoms with E-state index in [0.717, 1.165) is 0 Å². The Labute approximate surface area is 129 Å². The van der Waals surface area contributed by atoms with Crippen molar-refractivity contribution in [1.29, 1.82) is 0 Å². The molecule has 0 aliphatic carbocycles. The van der Waals surface area contributed by atoms with Crippen molar-refractivity contribution in [3.05, 3.63) is 22.0 Å². The minimum absolute atomic E-state index is 0.0105. The Morgan fingerprint density at radius 2 is 2.27 bits per heavy atom. The first-order valence-corrected chi connectivity index (χ1v) is 6.93. The smallest absolute Gasteiger partial charge is 0.281 e. The van der Waals surface area contributed by atoms with Crippen LogP contribution in [0.4, 0.5) is 0 Å². The standard InChI is InChI=1S/C12H15ClN4O5/c1-16-4-14-9-6(10(16)20)15-12(13)17(9)11-8(21-2)7(19)5(3-18)22-11/h4-5,7-8,11,18-19H,3H2,1-2H3/t5-,7-,8-,11-/m1/s1. The topological polar surface area (TPSA) is 112 Å². The quantitative estimate of drug-likeness (QED) is 0.698. The Bertz CT molecular complexity index is 760. The van der Waals surface area contributed by atoms with Gasteiger partial charge in [0.15, 0.2) is 17.4 Å². The van der Waals surface area contributed by atoms with Crippen LogP contribution in [0, 0.1) is 0 Å². The van der Waals surface area contributed by atoms with Gasteiger partial charge in [0.2, 0.25) is 5.28 Å². The molecule has 1 saturated heterocycles. The minimum atomic E-state index is -1.04. The lowest BCUT2D eigenvalue weighted by Gasteiger charge is -2.20. The van der Waals surface area contributed by atoms with Gasteiger partial charge in [-0.05, 0) is 11.6 Å². The SMILES string of the molecule is CO[C@@H]1[C@H](O)[C@@H](CO)O[C@H]1n1c(Cl)nc2c(=O)n(C)cnc21. The van der Waals surface area contributed by atoms with Crippen molar-refractivity contribution in [2.75, 3.05) is 13.7 Å². The number of halogens is 1. The molecule has 2 aromatic heterocycles. The van der Waals surface area contributed by atoms with Crippen LogP contribution in [0.2, 0.25) is 5.28 Å². The van der Waals surface area contributed by atoms with E-state index in [1.54, 1.807) is 7.05 Å². The molecule has 0 spiro atoms. The highest BCUT2D eigenvalue weighted by Crippen LogP contribution is 2.35. The normalized spacial score (nSPS) is 28.6. The molecule has 3 heterocycles. The number of rotatable bonds is 3. The van der Waals surface area contributed by atoms with E-state index in [-0.39, 0.29) is 28.6 Å². The summed E-state index contributed by atoms with van der Waals surface area (Å²) < 4.78 is 13.5. The van der Waals surface area contributed by atoms with Crippen molar-refractivity contribution in [3.8, 4) is 0 Å². The van der Waals surface area contributed by atoms with E-state index >= 15 is 0 Å². The summed E-state index contributed by atoms with van der Waals surface area (Å²) in [5.74, 6) is 0. The van der Waals surface area contributed by atoms with Crippen molar-refractivity contribution in [2.24, 2.45) is 7.05 Å². The summed E-state index contributed by atoms with van der Waals surface area (Å²) in [6.45, 7) is -0.378. The summed E-state index contributed by atoms with van der Waals surface area (Å²) in [5, 5.41) is 19.4. The lowest BCUT2D eigenvalue weighted by Crippen LogP contribution is -2.34. The van der Waals surface area contributed by atoms with Gasteiger partial charge in [-0.15, -0.1) is 0 Å². The lowest BCUT2D eigenvalue weighted by atomic mass is 10.1. The third kappa shape index (κ3) is 2.13. The summed E-state index contributed by atoms with van der Waals surface area (Å²) in [4.78, 5) is 20.2. The number of fused-ring (bicyclic) bond motifs is 1. The van der Waals surface area contributed by atoms with Crippen LogP contribution >= 0.6 is 11.6 Å². The molecule has 0 unspecified atom stereocenters. The van der Waals surface area contributed by atoms with Crippen LogP contribution in [-0.2, 0) is 16.5 Å². The Hall–Kier alpha value is -1.52. The molecule has 4 atom stereocenters. The second kappa shape index (κ2) is 5.60. The number of methoxy groups -OCH3 is 1. The summed E-state index contributed by atoms with van der Waals surface area (Å²) in [5.41, 5.74) is -0.0294. The average molecular weight is 331 g/mol. The minimum Gasteiger partial charge on any atom is -0.394 e. The number of aryl methyl sites for hydroxylation is 1. The largest absolute Gasteiger partial charge is 0.394 e. The lowest BCUT2D eigenvalue weighted by molar-refractivity contribution is -0.0581. The second-order valence-electron chi connectivity index (χ2n) is 5.02. The van der Waals surface area contributed by atoms with Gasteiger partial charge >= 0.3 is 0 Å². The van der Waals surface area contributed by atoms with E-state index in [0.29, 0.717) is 0 Å². The molecule has 9 nitrogen and oxygen atoms in total. The van der Waals surface area contributed by atoms with E-state index in [1.165, 1.54) is 22.6 Å². The van der Waals surface area contributed by atoms with E-state index in [1.807, 2.05) is 0 Å². The van der Waals surface area contributed by atoms with Crippen molar-refractivity contribution in [1.82, 2.24) is 19.1 Å². The number of aliphatic hydroxyl groups excluding tert-OH is 2. The summed E-state index contributed by atoms with van der Waals surface area (Å²) in [6.07, 6.45) is -2.15.